The summed E-state index contributed by atoms with van der Waals surface area (Å²) < 4.78 is 0. The van der Waals surface area contributed by atoms with Gasteiger partial charge in [-0.1, -0.05) is 68.3 Å². The van der Waals surface area contributed by atoms with Crippen LogP contribution < -0.4 is 5.32 Å². The standard InChI is InChI=1S/C23H31N/c1-17(13-14-19-15-16-19)20-10-6-8-12-22(20)23(3,24-4)21-11-7-5-9-18(21)2/h5-12,17,19,24H,13-16H2,1-4H3/t17-,23-/m1/s1. The van der Waals surface area contributed by atoms with E-state index in [2.05, 4.69) is 81.7 Å². The van der Waals surface area contributed by atoms with Gasteiger partial charge >= 0.3 is 0 Å². The van der Waals surface area contributed by atoms with Gasteiger partial charge in [0.05, 0.1) is 5.54 Å². The first-order chi connectivity index (χ1) is 11.6. The monoisotopic (exact) mass is 321 g/mol. The van der Waals surface area contributed by atoms with E-state index < -0.39 is 0 Å². The van der Waals surface area contributed by atoms with Gasteiger partial charge in [0.2, 0.25) is 0 Å². The van der Waals surface area contributed by atoms with Crippen LogP contribution in [0.1, 0.15) is 67.7 Å². The average molecular weight is 322 g/mol. The van der Waals surface area contributed by atoms with Crippen LogP contribution in [-0.4, -0.2) is 7.05 Å². The lowest BCUT2D eigenvalue weighted by Gasteiger charge is -2.35. The largest absolute Gasteiger partial charge is 0.307 e. The molecular weight excluding hydrogens is 290 g/mol. The van der Waals surface area contributed by atoms with Crippen molar-refractivity contribution in [1.29, 1.82) is 0 Å². The molecule has 2 atom stereocenters. The maximum Gasteiger partial charge on any atom is 0.0664 e. The zero-order valence-electron chi connectivity index (χ0n) is 15.6. The van der Waals surface area contributed by atoms with Gasteiger partial charge in [-0.15, -0.1) is 0 Å². The number of hydrogen-bond acceptors (Lipinski definition) is 1. The fraction of sp³-hybridized carbons (Fsp3) is 0.478. The van der Waals surface area contributed by atoms with Gasteiger partial charge in [-0.2, -0.15) is 0 Å². The molecule has 1 heteroatoms. The Labute approximate surface area is 147 Å². The smallest absolute Gasteiger partial charge is 0.0664 e. The Morgan fingerprint density at radius 2 is 1.67 bits per heavy atom. The van der Waals surface area contributed by atoms with Crippen molar-refractivity contribution in [1.82, 2.24) is 5.32 Å². The van der Waals surface area contributed by atoms with Crippen LogP contribution in [0.4, 0.5) is 0 Å². The highest BCUT2D eigenvalue weighted by atomic mass is 14.9. The summed E-state index contributed by atoms with van der Waals surface area (Å²) in [6.45, 7) is 6.93. The Kier molecular flexibility index (Phi) is 5.10. The normalized spacial score (nSPS) is 18.2. The highest BCUT2D eigenvalue weighted by Crippen LogP contribution is 2.40. The van der Waals surface area contributed by atoms with Crippen molar-refractivity contribution in [3.05, 3.63) is 70.8 Å². The van der Waals surface area contributed by atoms with Crippen LogP contribution >= 0.6 is 0 Å². The third-order valence-electron chi connectivity index (χ3n) is 5.92. The van der Waals surface area contributed by atoms with Crippen molar-refractivity contribution >= 4 is 0 Å². The molecule has 0 heterocycles. The minimum Gasteiger partial charge on any atom is -0.307 e. The molecule has 2 aromatic rings. The van der Waals surface area contributed by atoms with E-state index in [0.717, 1.165) is 5.92 Å². The molecule has 0 radical (unpaired) electrons. The first kappa shape index (κ1) is 17.2. The summed E-state index contributed by atoms with van der Waals surface area (Å²) in [7, 11) is 2.08. The van der Waals surface area contributed by atoms with Crippen molar-refractivity contribution in [2.75, 3.05) is 7.05 Å². The summed E-state index contributed by atoms with van der Waals surface area (Å²) in [6, 6.07) is 17.8. The molecule has 0 saturated heterocycles. The number of rotatable bonds is 7. The van der Waals surface area contributed by atoms with Crippen LogP contribution in [0.5, 0.6) is 0 Å². The number of nitrogens with one attached hydrogen (secondary N) is 1. The Morgan fingerprint density at radius 3 is 2.29 bits per heavy atom. The summed E-state index contributed by atoms with van der Waals surface area (Å²) in [5, 5.41) is 3.62. The van der Waals surface area contributed by atoms with E-state index >= 15 is 0 Å². The van der Waals surface area contributed by atoms with Crippen molar-refractivity contribution in [2.24, 2.45) is 5.92 Å². The molecule has 1 fully saturated rings. The van der Waals surface area contributed by atoms with Crippen molar-refractivity contribution in [3.8, 4) is 0 Å². The van der Waals surface area contributed by atoms with Crippen LogP contribution in [-0.2, 0) is 5.54 Å². The third-order valence-corrected chi connectivity index (χ3v) is 5.92. The van der Waals surface area contributed by atoms with E-state index in [9.17, 15) is 0 Å². The summed E-state index contributed by atoms with van der Waals surface area (Å²) in [6.07, 6.45) is 5.59. The second kappa shape index (κ2) is 7.11. The maximum absolute atomic E-state index is 3.62. The van der Waals surface area contributed by atoms with Gasteiger partial charge in [-0.05, 0) is 67.8 Å². The fourth-order valence-electron chi connectivity index (χ4n) is 3.98. The van der Waals surface area contributed by atoms with E-state index in [4.69, 9.17) is 0 Å². The Balaban J connectivity index is 1.98. The second-order valence-corrected chi connectivity index (χ2v) is 7.70. The van der Waals surface area contributed by atoms with Crippen LogP contribution in [0.25, 0.3) is 0 Å². The van der Waals surface area contributed by atoms with E-state index in [0.29, 0.717) is 5.92 Å². The Bertz CT molecular complexity index is 686. The molecule has 0 unspecified atom stereocenters. The molecule has 128 valence electrons. The molecule has 1 aliphatic rings. The fourth-order valence-corrected chi connectivity index (χ4v) is 3.98. The van der Waals surface area contributed by atoms with E-state index in [1.165, 1.54) is 47.9 Å². The minimum absolute atomic E-state index is 0.157. The van der Waals surface area contributed by atoms with Crippen LogP contribution in [0.2, 0.25) is 0 Å². The average Bonchev–Trinajstić information content (AvgIpc) is 3.44. The molecule has 1 aliphatic carbocycles. The summed E-state index contributed by atoms with van der Waals surface area (Å²) >= 11 is 0. The molecular formula is C23H31N. The lowest BCUT2D eigenvalue weighted by Crippen LogP contribution is -2.39. The highest BCUT2D eigenvalue weighted by molar-refractivity contribution is 5.46. The third kappa shape index (κ3) is 3.42. The van der Waals surface area contributed by atoms with Gasteiger partial charge < -0.3 is 5.32 Å². The van der Waals surface area contributed by atoms with E-state index in [1.807, 2.05) is 0 Å². The molecule has 1 N–H and O–H groups in total. The Hall–Kier alpha value is -1.60. The van der Waals surface area contributed by atoms with Crippen molar-refractivity contribution in [2.45, 2.75) is 57.9 Å². The molecule has 3 rings (SSSR count). The molecule has 0 amide bonds. The van der Waals surface area contributed by atoms with Crippen LogP contribution in [0.3, 0.4) is 0 Å². The van der Waals surface area contributed by atoms with Gasteiger partial charge in [0.25, 0.3) is 0 Å². The van der Waals surface area contributed by atoms with Crippen molar-refractivity contribution < 1.29 is 0 Å². The van der Waals surface area contributed by atoms with Gasteiger partial charge in [0, 0.05) is 0 Å². The quantitative estimate of drug-likeness (QED) is 0.682. The SMILES string of the molecule is CN[C@](C)(c1ccccc1C)c1ccccc1[C@H](C)CCC1CC1. The molecule has 1 nitrogen and oxygen atoms in total. The summed E-state index contributed by atoms with van der Waals surface area (Å²) in [5.74, 6) is 1.62. The number of hydrogen-bond donors (Lipinski definition) is 1. The van der Waals surface area contributed by atoms with Crippen LogP contribution in [0, 0.1) is 12.8 Å². The van der Waals surface area contributed by atoms with Gasteiger partial charge in [-0.25, -0.2) is 0 Å². The molecule has 0 aromatic heterocycles. The van der Waals surface area contributed by atoms with Gasteiger partial charge in [-0.3, -0.25) is 0 Å². The van der Waals surface area contributed by atoms with Crippen LogP contribution in [0.15, 0.2) is 48.5 Å². The highest BCUT2D eigenvalue weighted by Gasteiger charge is 2.31. The first-order valence-corrected chi connectivity index (χ1v) is 9.40. The molecule has 0 spiro atoms. The summed E-state index contributed by atoms with van der Waals surface area (Å²) in [4.78, 5) is 0. The molecule has 0 bridgehead atoms. The molecule has 1 saturated carbocycles. The maximum atomic E-state index is 3.62. The minimum atomic E-state index is -0.157. The number of benzene rings is 2. The zero-order chi connectivity index (χ0) is 17.2. The molecule has 2 aromatic carbocycles. The number of aryl methyl sites for hydroxylation is 1. The lowest BCUT2D eigenvalue weighted by molar-refractivity contribution is 0.470. The van der Waals surface area contributed by atoms with Gasteiger partial charge in [0.15, 0.2) is 0 Å². The predicted molar refractivity (Wildman–Crippen MR) is 104 cm³/mol. The van der Waals surface area contributed by atoms with E-state index in [1.54, 1.807) is 0 Å². The second-order valence-electron chi connectivity index (χ2n) is 7.70. The molecule has 0 aliphatic heterocycles. The molecule has 24 heavy (non-hydrogen) atoms. The van der Waals surface area contributed by atoms with E-state index in [-0.39, 0.29) is 5.54 Å². The first-order valence-electron chi connectivity index (χ1n) is 9.40. The summed E-state index contributed by atoms with van der Waals surface area (Å²) in [5.41, 5.74) is 5.47. The van der Waals surface area contributed by atoms with Gasteiger partial charge in [0.1, 0.15) is 0 Å². The lowest BCUT2D eigenvalue weighted by atomic mass is 9.77. The topological polar surface area (TPSA) is 12.0 Å². The zero-order valence-corrected chi connectivity index (χ0v) is 15.6. The Morgan fingerprint density at radius 1 is 1.04 bits per heavy atom. The predicted octanol–water partition coefficient (Wildman–Crippen LogP) is 5.77. The van der Waals surface area contributed by atoms with Crippen molar-refractivity contribution in [3.63, 3.8) is 0 Å².